The second-order valence-corrected chi connectivity index (χ2v) is 11.5. The lowest BCUT2D eigenvalue weighted by Gasteiger charge is -2.34. The third kappa shape index (κ3) is 4.27. The van der Waals surface area contributed by atoms with Gasteiger partial charge in [-0.2, -0.15) is 0 Å². The normalized spacial score (nSPS) is 34.7. The Labute approximate surface area is 222 Å². The third-order valence-corrected chi connectivity index (χ3v) is 9.15. The number of amides is 3. The van der Waals surface area contributed by atoms with Crippen LogP contribution in [0.25, 0.3) is 0 Å². The molecule has 2 bridgehead atoms. The maximum Gasteiger partial charge on any atom is 0.246 e. The van der Waals surface area contributed by atoms with Crippen LogP contribution in [-0.4, -0.2) is 65.7 Å². The third-order valence-electron chi connectivity index (χ3n) is 8.74. The van der Waals surface area contributed by atoms with Crippen molar-refractivity contribution in [2.24, 2.45) is 11.8 Å². The molecule has 3 saturated heterocycles. The summed E-state index contributed by atoms with van der Waals surface area (Å²) in [5.74, 6) is -2.23. The van der Waals surface area contributed by atoms with Gasteiger partial charge >= 0.3 is 0 Å². The number of halogens is 1. The van der Waals surface area contributed by atoms with E-state index in [2.05, 4.69) is 10.6 Å². The summed E-state index contributed by atoms with van der Waals surface area (Å²) in [6.45, 7) is 2.87. The molecule has 5 aliphatic rings. The van der Waals surface area contributed by atoms with E-state index in [1.807, 2.05) is 25.1 Å². The summed E-state index contributed by atoms with van der Waals surface area (Å²) in [4.78, 5) is 43.0. The number of nitrogens with zero attached hydrogens (tertiary/aromatic N) is 1. The van der Waals surface area contributed by atoms with Crippen LogP contribution >= 0.6 is 11.6 Å². The van der Waals surface area contributed by atoms with E-state index in [4.69, 9.17) is 21.1 Å². The average Bonchev–Trinajstić information content (AvgIpc) is 3.65. The topological polar surface area (TPSA) is 97.0 Å². The van der Waals surface area contributed by atoms with Gasteiger partial charge in [0.2, 0.25) is 17.7 Å². The quantitative estimate of drug-likeness (QED) is 0.553. The second-order valence-electron chi connectivity index (χ2n) is 11.1. The number of benzene rings is 1. The molecule has 0 aromatic heterocycles. The van der Waals surface area contributed by atoms with Gasteiger partial charge in [-0.15, -0.1) is 0 Å². The van der Waals surface area contributed by atoms with E-state index in [9.17, 15) is 14.4 Å². The van der Waals surface area contributed by atoms with Crippen LogP contribution in [0.5, 0.6) is 0 Å². The predicted octanol–water partition coefficient (Wildman–Crippen LogP) is 3.37. The Balaban J connectivity index is 1.29. The highest BCUT2D eigenvalue weighted by molar-refractivity contribution is 6.31. The molecule has 4 aliphatic heterocycles. The molecule has 6 atom stereocenters. The number of carbonyl (C=O) groups is 3. The summed E-state index contributed by atoms with van der Waals surface area (Å²) in [6, 6.07) is 4.61. The largest absolute Gasteiger partial charge is 0.376 e. The zero-order valence-corrected chi connectivity index (χ0v) is 21.8. The number of carbonyl (C=O) groups excluding carboxylic acids is 3. The predicted molar refractivity (Wildman–Crippen MR) is 138 cm³/mol. The first-order valence-electron chi connectivity index (χ1n) is 13.5. The molecule has 0 radical (unpaired) electrons. The van der Waals surface area contributed by atoms with Gasteiger partial charge in [-0.05, 0) is 50.3 Å². The molecule has 3 amide bonds. The number of ether oxygens (including phenoxy) is 2. The second kappa shape index (κ2) is 9.71. The molecule has 2 N–H and O–H groups in total. The number of likely N-dealkylation sites (tertiary alicyclic amines) is 1. The van der Waals surface area contributed by atoms with E-state index in [0.717, 1.165) is 44.1 Å². The van der Waals surface area contributed by atoms with Crippen molar-refractivity contribution in [3.63, 3.8) is 0 Å². The van der Waals surface area contributed by atoms with Crippen LogP contribution in [0.4, 0.5) is 5.69 Å². The van der Waals surface area contributed by atoms with Crippen molar-refractivity contribution in [2.75, 3.05) is 18.5 Å². The number of rotatable bonds is 6. The minimum absolute atomic E-state index is 0.101. The molecule has 4 heterocycles. The van der Waals surface area contributed by atoms with Crippen molar-refractivity contribution in [3.8, 4) is 0 Å². The van der Waals surface area contributed by atoms with E-state index in [1.54, 1.807) is 17.0 Å². The summed E-state index contributed by atoms with van der Waals surface area (Å²) in [6.07, 6.45) is 10.0. The first-order chi connectivity index (χ1) is 17.9. The smallest absolute Gasteiger partial charge is 0.246 e. The first-order valence-corrected chi connectivity index (χ1v) is 13.9. The zero-order chi connectivity index (χ0) is 25.7. The van der Waals surface area contributed by atoms with Crippen molar-refractivity contribution in [2.45, 2.75) is 81.8 Å². The molecule has 1 saturated carbocycles. The van der Waals surface area contributed by atoms with E-state index in [0.29, 0.717) is 23.9 Å². The number of anilines is 1. The lowest BCUT2D eigenvalue weighted by Crippen LogP contribution is -2.57. The first kappa shape index (κ1) is 24.9. The van der Waals surface area contributed by atoms with Gasteiger partial charge in [-0.25, -0.2) is 0 Å². The van der Waals surface area contributed by atoms with E-state index < -0.39 is 29.6 Å². The minimum atomic E-state index is -1.16. The summed E-state index contributed by atoms with van der Waals surface area (Å²) in [5, 5.41) is 6.70. The van der Waals surface area contributed by atoms with Crippen molar-refractivity contribution in [1.82, 2.24) is 10.2 Å². The maximum atomic E-state index is 14.0. The SMILES string of the molecule is Cc1ccc(NC(=O)[C@H]2[C@H]3C=C[C@@]4(O3)[C@H]2C(=O)N(C[C@@H]2CCCO2)[C@@H]4C(=O)NC2CCCCC2)cc1Cl. The molecule has 1 aromatic carbocycles. The summed E-state index contributed by atoms with van der Waals surface area (Å²) in [5.41, 5.74) is 0.313. The highest BCUT2D eigenvalue weighted by atomic mass is 35.5. The Morgan fingerprint density at radius 1 is 1.14 bits per heavy atom. The number of nitrogens with one attached hydrogen (secondary N) is 2. The lowest BCUT2D eigenvalue weighted by atomic mass is 9.74. The van der Waals surface area contributed by atoms with Gasteiger partial charge in [-0.1, -0.05) is 49.1 Å². The van der Waals surface area contributed by atoms with Gasteiger partial charge < -0.3 is 25.0 Å². The van der Waals surface area contributed by atoms with Gasteiger partial charge in [0.25, 0.3) is 0 Å². The number of hydrogen-bond acceptors (Lipinski definition) is 5. The Bertz CT molecular complexity index is 1130. The molecular formula is C28H34ClN3O5. The Morgan fingerprint density at radius 3 is 2.68 bits per heavy atom. The number of aryl methyl sites for hydroxylation is 1. The van der Waals surface area contributed by atoms with Crippen LogP contribution < -0.4 is 10.6 Å². The van der Waals surface area contributed by atoms with Crippen molar-refractivity contribution in [3.05, 3.63) is 40.9 Å². The molecule has 6 rings (SSSR count). The monoisotopic (exact) mass is 527 g/mol. The van der Waals surface area contributed by atoms with E-state index >= 15 is 0 Å². The number of hydrogen-bond donors (Lipinski definition) is 2. The van der Waals surface area contributed by atoms with Gasteiger partial charge in [0.1, 0.15) is 11.6 Å². The van der Waals surface area contributed by atoms with Crippen molar-refractivity contribution in [1.29, 1.82) is 0 Å². The minimum Gasteiger partial charge on any atom is -0.376 e. The molecular weight excluding hydrogens is 494 g/mol. The van der Waals surface area contributed by atoms with Gasteiger partial charge in [0.15, 0.2) is 0 Å². The fourth-order valence-electron chi connectivity index (χ4n) is 6.89. The Hall–Kier alpha value is -2.42. The van der Waals surface area contributed by atoms with Crippen molar-refractivity contribution < 1.29 is 23.9 Å². The molecule has 198 valence electrons. The molecule has 9 heteroatoms. The van der Waals surface area contributed by atoms with E-state index in [-0.39, 0.29) is 29.9 Å². The Kier molecular flexibility index (Phi) is 6.53. The molecule has 1 spiro atoms. The lowest BCUT2D eigenvalue weighted by molar-refractivity contribution is -0.143. The van der Waals surface area contributed by atoms with Crippen LogP contribution in [0.3, 0.4) is 0 Å². The van der Waals surface area contributed by atoms with Crippen LogP contribution in [-0.2, 0) is 23.9 Å². The average molecular weight is 528 g/mol. The van der Waals surface area contributed by atoms with Crippen LogP contribution in [0.1, 0.15) is 50.5 Å². The van der Waals surface area contributed by atoms with Crippen molar-refractivity contribution >= 4 is 35.0 Å². The standard InChI is InChI=1S/C28H34ClN3O5/c1-16-9-10-18(14-20(16)29)31-25(33)22-21-11-12-28(37-21)23(22)27(35)32(15-19-8-5-13-36-19)24(28)26(34)30-17-6-3-2-4-7-17/h9-12,14,17,19,21-24H,2-8,13,15H2,1H3,(H,30,34)(H,31,33)/t19-,21+,22-,23+,24+,28+/m0/s1. The van der Waals surface area contributed by atoms with Crippen LogP contribution in [0, 0.1) is 18.8 Å². The number of fused-ring (bicyclic) bond motifs is 1. The molecule has 37 heavy (non-hydrogen) atoms. The van der Waals surface area contributed by atoms with Gasteiger partial charge in [-0.3, -0.25) is 14.4 Å². The van der Waals surface area contributed by atoms with E-state index in [1.165, 1.54) is 6.42 Å². The molecule has 8 nitrogen and oxygen atoms in total. The highest BCUT2D eigenvalue weighted by Crippen LogP contribution is 2.55. The molecule has 4 fully saturated rings. The highest BCUT2D eigenvalue weighted by Gasteiger charge is 2.73. The van der Waals surface area contributed by atoms with Crippen LogP contribution in [0.15, 0.2) is 30.4 Å². The summed E-state index contributed by atoms with van der Waals surface area (Å²) >= 11 is 6.26. The molecule has 1 aliphatic carbocycles. The Morgan fingerprint density at radius 2 is 1.95 bits per heavy atom. The fourth-order valence-corrected chi connectivity index (χ4v) is 7.08. The summed E-state index contributed by atoms with van der Waals surface area (Å²) in [7, 11) is 0. The van der Waals surface area contributed by atoms with Gasteiger partial charge in [0, 0.05) is 29.9 Å². The molecule has 1 aromatic rings. The van der Waals surface area contributed by atoms with Crippen LogP contribution in [0.2, 0.25) is 5.02 Å². The zero-order valence-electron chi connectivity index (χ0n) is 21.1. The maximum absolute atomic E-state index is 14.0. The fraction of sp³-hybridized carbons (Fsp3) is 0.607. The molecule has 0 unspecified atom stereocenters. The van der Waals surface area contributed by atoms with Gasteiger partial charge in [0.05, 0.1) is 24.0 Å². The summed E-state index contributed by atoms with van der Waals surface area (Å²) < 4.78 is 12.3.